The lowest BCUT2D eigenvalue weighted by Gasteiger charge is -2.18. The molecule has 0 saturated heterocycles. The number of ether oxygens (including phenoxy) is 1. The van der Waals surface area contributed by atoms with Gasteiger partial charge >= 0.3 is 0 Å². The first-order valence-corrected chi connectivity index (χ1v) is 15.2. The molecule has 8 nitrogen and oxygen atoms in total. The summed E-state index contributed by atoms with van der Waals surface area (Å²) >= 11 is 3.41. The number of nitrogens with one attached hydrogen (secondary N) is 1. The molecule has 164 valence electrons. The lowest BCUT2D eigenvalue weighted by atomic mass is 10.2. The van der Waals surface area contributed by atoms with Gasteiger partial charge in [0.2, 0.25) is 5.91 Å². The van der Waals surface area contributed by atoms with Crippen LogP contribution in [0.2, 0.25) is 25.7 Å². The highest BCUT2D eigenvalue weighted by atomic mass is 79.9. The number of H-pyrrole nitrogens is 1. The van der Waals surface area contributed by atoms with Crippen LogP contribution in [0.3, 0.4) is 0 Å². The molecule has 1 fully saturated rings. The van der Waals surface area contributed by atoms with Gasteiger partial charge in [-0.1, -0.05) is 19.6 Å². The molecular weight excluding hydrogens is 476 g/mol. The van der Waals surface area contributed by atoms with E-state index in [1.54, 1.807) is 6.20 Å². The van der Waals surface area contributed by atoms with Gasteiger partial charge in [0.15, 0.2) is 5.82 Å². The molecule has 31 heavy (non-hydrogen) atoms. The standard InChI is InChI=1S/C21H27BrN6O2Si/c1-31(2,3)7-6-30-12-28-17-11-27(21(29)13-4-5-13)10-16(17)24-20(28)19-14-9-23-18(22)8-15(14)25-26-19/h8-9,13H,4-7,10-12H2,1-3H3,(H,25,26). The van der Waals surface area contributed by atoms with Gasteiger partial charge in [-0.2, -0.15) is 5.10 Å². The van der Waals surface area contributed by atoms with Gasteiger partial charge in [0, 0.05) is 32.2 Å². The van der Waals surface area contributed by atoms with E-state index in [2.05, 4.69) is 55.3 Å². The van der Waals surface area contributed by atoms with E-state index in [9.17, 15) is 4.79 Å². The third kappa shape index (κ3) is 4.20. The van der Waals surface area contributed by atoms with Crippen LogP contribution in [0.1, 0.15) is 24.2 Å². The molecule has 0 atom stereocenters. The van der Waals surface area contributed by atoms with Crippen LogP contribution in [0.25, 0.3) is 22.4 Å². The molecule has 2 aliphatic rings. The minimum Gasteiger partial charge on any atom is -0.361 e. The highest BCUT2D eigenvalue weighted by molar-refractivity contribution is 9.10. The van der Waals surface area contributed by atoms with Crippen molar-refractivity contribution in [1.82, 2.24) is 29.6 Å². The summed E-state index contributed by atoms with van der Waals surface area (Å²) in [4.78, 5) is 23.8. The summed E-state index contributed by atoms with van der Waals surface area (Å²) in [6.45, 7) is 9.32. The van der Waals surface area contributed by atoms with Crippen molar-refractivity contribution in [2.75, 3.05) is 6.61 Å². The van der Waals surface area contributed by atoms with E-state index >= 15 is 0 Å². The molecule has 10 heteroatoms. The normalized spacial score (nSPS) is 16.3. The molecule has 0 spiro atoms. The number of aromatic nitrogens is 5. The van der Waals surface area contributed by atoms with Crippen molar-refractivity contribution < 1.29 is 9.53 Å². The van der Waals surface area contributed by atoms with Gasteiger partial charge in [-0.3, -0.25) is 9.89 Å². The van der Waals surface area contributed by atoms with Crippen LogP contribution in [0, 0.1) is 5.92 Å². The summed E-state index contributed by atoms with van der Waals surface area (Å²) < 4.78 is 8.95. The predicted octanol–water partition coefficient (Wildman–Crippen LogP) is 4.15. The van der Waals surface area contributed by atoms with E-state index < -0.39 is 8.07 Å². The number of carbonyl (C=O) groups excluding carboxylic acids is 1. The van der Waals surface area contributed by atoms with Crippen LogP contribution >= 0.6 is 15.9 Å². The van der Waals surface area contributed by atoms with Crippen molar-refractivity contribution in [3.8, 4) is 11.5 Å². The fourth-order valence-corrected chi connectivity index (χ4v) is 5.00. The van der Waals surface area contributed by atoms with Gasteiger partial charge in [-0.05, 0) is 40.9 Å². The van der Waals surface area contributed by atoms with Crippen molar-refractivity contribution >= 4 is 40.8 Å². The third-order valence-electron chi connectivity index (χ3n) is 5.92. The molecule has 1 aliphatic heterocycles. The maximum atomic E-state index is 12.6. The lowest BCUT2D eigenvalue weighted by Crippen LogP contribution is -2.27. The van der Waals surface area contributed by atoms with E-state index in [-0.39, 0.29) is 11.8 Å². The number of fused-ring (bicyclic) bond motifs is 2. The quantitative estimate of drug-likeness (QED) is 0.297. The lowest BCUT2D eigenvalue weighted by molar-refractivity contribution is -0.133. The largest absolute Gasteiger partial charge is 0.361 e. The zero-order valence-electron chi connectivity index (χ0n) is 18.1. The molecule has 0 aromatic carbocycles. The minimum absolute atomic E-state index is 0.213. The molecule has 1 saturated carbocycles. The number of amides is 1. The molecule has 1 N–H and O–H groups in total. The van der Waals surface area contributed by atoms with Gasteiger partial charge < -0.3 is 14.2 Å². The summed E-state index contributed by atoms with van der Waals surface area (Å²) in [6.07, 6.45) is 3.83. The SMILES string of the molecule is C[Si](C)(C)CCOCn1c(-c2n[nH]c3cc(Br)ncc23)nc2c1CN(C(=O)C1CC1)C2. The Balaban J connectivity index is 1.46. The second-order valence-corrected chi connectivity index (χ2v) is 16.1. The number of pyridine rings is 1. The van der Waals surface area contributed by atoms with E-state index in [1.807, 2.05) is 11.0 Å². The molecule has 1 aliphatic carbocycles. The van der Waals surface area contributed by atoms with Crippen molar-refractivity contribution in [3.05, 3.63) is 28.3 Å². The zero-order chi connectivity index (χ0) is 21.8. The molecule has 1 amide bonds. The number of nitrogens with zero attached hydrogens (tertiary/aromatic N) is 5. The highest BCUT2D eigenvalue weighted by Gasteiger charge is 2.38. The van der Waals surface area contributed by atoms with Gasteiger partial charge in [-0.25, -0.2) is 9.97 Å². The fraction of sp³-hybridized carbons (Fsp3) is 0.524. The van der Waals surface area contributed by atoms with Crippen LogP contribution in [-0.2, 0) is 29.4 Å². The maximum Gasteiger partial charge on any atom is 0.226 e. The van der Waals surface area contributed by atoms with Crippen molar-refractivity contribution in [2.24, 2.45) is 5.92 Å². The Labute approximate surface area is 190 Å². The smallest absolute Gasteiger partial charge is 0.226 e. The summed E-state index contributed by atoms with van der Waals surface area (Å²) in [7, 11) is -1.17. The second kappa shape index (κ2) is 7.82. The molecular formula is C21H27BrN6O2Si. The van der Waals surface area contributed by atoms with E-state index in [4.69, 9.17) is 9.72 Å². The topological polar surface area (TPSA) is 88.9 Å². The molecule has 0 unspecified atom stereocenters. The summed E-state index contributed by atoms with van der Waals surface area (Å²) in [5, 5.41) is 8.54. The summed E-state index contributed by atoms with van der Waals surface area (Å²) in [5.41, 5.74) is 3.66. The molecule has 0 bridgehead atoms. The van der Waals surface area contributed by atoms with Gasteiger partial charge in [0.25, 0.3) is 0 Å². The number of imidazole rings is 1. The first-order valence-electron chi connectivity index (χ1n) is 10.7. The van der Waals surface area contributed by atoms with E-state index in [0.29, 0.717) is 19.8 Å². The number of carbonyl (C=O) groups is 1. The number of hydrogen-bond acceptors (Lipinski definition) is 5. The van der Waals surface area contributed by atoms with Gasteiger partial charge in [0.1, 0.15) is 17.0 Å². The molecule has 4 heterocycles. The Morgan fingerprint density at radius 1 is 1.32 bits per heavy atom. The van der Waals surface area contributed by atoms with E-state index in [1.165, 1.54) is 0 Å². The Hall–Kier alpha value is -2.04. The average molecular weight is 503 g/mol. The summed E-state index contributed by atoms with van der Waals surface area (Å²) in [5.74, 6) is 1.24. The van der Waals surface area contributed by atoms with Crippen molar-refractivity contribution in [2.45, 2.75) is 58.3 Å². The number of aromatic amines is 1. The van der Waals surface area contributed by atoms with Crippen LogP contribution < -0.4 is 0 Å². The molecule has 3 aromatic heterocycles. The summed E-state index contributed by atoms with van der Waals surface area (Å²) in [6, 6.07) is 3.02. The fourth-order valence-electron chi connectivity index (χ4n) is 3.91. The Morgan fingerprint density at radius 3 is 2.87 bits per heavy atom. The highest BCUT2D eigenvalue weighted by Crippen LogP contribution is 2.36. The van der Waals surface area contributed by atoms with Gasteiger partial charge in [-0.15, -0.1) is 0 Å². The molecule has 3 aromatic rings. The predicted molar refractivity (Wildman–Crippen MR) is 124 cm³/mol. The van der Waals surface area contributed by atoms with Crippen LogP contribution in [0.5, 0.6) is 0 Å². The Morgan fingerprint density at radius 2 is 2.13 bits per heavy atom. The number of halogens is 1. The van der Waals surface area contributed by atoms with Crippen LogP contribution in [-0.4, -0.2) is 50.2 Å². The third-order valence-corrected chi connectivity index (χ3v) is 8.06. The first-order chi connectivity index (χ1) is 14.8. The Kier molecular flexibility index (Phi) is 5.26. The van der Waals surface area contributed by atoms with Crippen LogP contribution in [0.4, 0.5) is 0 Å². The van der Waals surface area contributed by atoms with Crippen molar-refractivity contribution in [3.63, 3.8) is 0 Å². The van der Waals surface area contributed by atoms with Crippen LogP contribution in [0.15, 0.2) is 16.9 Å². The Bertz CT molecular complexity index is 1150. The monoisotopic (exact) mass is 502 g/mol. The average Bonchev–Trinajstić information content (AvgIpc) is 3.22. The number of rotatable bonds is 7. The minimum atomic E-state index is -1.17. The molecule has 0 radical (unpaired) electrons. The molecule has 5 rings (SSSR count). The maximum absolute atomic E-state index is 12.6. The number of hydrogen-bond donors (Lipinski definition) is 1. The van der Waals surface area contributed by atoms with E-state index in [0.717, 1.165) is 63.9 Å². The first kappa shape index (κ1) is 20.8. The van der Waals surface area contributed by atoms with Crippen molar-refractivity contribution in [1.29, 1.82) is 0 Å². The van der Waals surface area contributed by atoms with Gasteiger partial charge in [0.05, 0.1) is 30.0 Å². The zero-order valence-corrected chi connectivity index (χ0v) is 20.7. The second-order valence-electron chi connectivity index (χ2n) is 9.70.